The molecule has 4 aromatic rings. The zero-order valence-electron chi connectivity index (χ0n) is 16.6. The highest BCUT2D eigenvalue weighted by Gasteiger charge is 2.28. The smallest absolute Gasteiger partial charge is 0.264 e. The number of thiophene rings is 1. The molecule has 0 radical (unpaired) electrons. The van der Waals surface area contributed by atoms with Gasteiger partial charge in [-0.2, -0.15) is 4.52 Å². The third-order valence-corrected chi connectivity index (χ3v) is 6.69. The summed E-state index contributed by atoms with van der Waals surface area (Å²) in [7, 11) is 0. The number of amides is 1. The molecular formula is C23H23N5OS. The molecule has 6 nitrogen and oxygen atoms in total. The Hall–Kier alpha value is -3.06. The van der Waals surface area contributed by atoms with Gasteiger partial charge in [-0.05, 0) is 46.3 Å². The number of aromatic nitrogens is 4. The van der Waals surface area contributed by atoms with E-state index < -0.39 is 0 Å². The van der Waals surface area contributed by atoms with E-state index >= 15 is 0 Å². The number of hydrogen-bond donors (Lipinski definition) is 0. The molecule has 7 heteroatoms. The molecule has 0 unspecified atom stereocenters. The molecule has 1 fully saturated rings. The number of hydrogen-bond acceptors (Lipinski definition) is 5. The lowest BCUT2D eigenvalue weighted by Crippen LogP contribution is -2.40. The van der Waals surface area contributed by atoms with E-state index in [-0.39, 0.29) is 11.9 Å². The Morgan fingerprint density at radius 2 is 1.90 bits per heavy atom. The standard InChI is InChI=1S/C23H23N5OS/c29-23(21-12-7-13-30-21)27(20-10-5-2-6-11-20)15-19-14-18(17-8-3-1-4-9-17)16-28-22(19)24-25-26-28/h1,3-4,7-9,12-14,16,20H,2,5-6,10-11,15H2. The van der Waals surface area contributed by atoms with Gasteiger partial charge in [0.25, 0.3) is 5.91 Å². The Labute approximate surface area is 179 Å². The second-order valence-corrected chi connectivity index (χ2v) is 8.72. The highest BCUT2D eigenvalue weighted by Crippen LogP contribution is 2.29. The second-order valence-electron chi connectivity index (χ2n) is 7.77. The van der Waals surface area contributed by atoms with E-state index in [2.05, 4.69) is 33.7 Å². The largest absolute Gasteiger partial charge is 0.330 e. The van der Waals surface area contributed by atoms with Crippen molar-refractivity contribution in [3.63, 3.8) is 0 Å². The Kier molecular flexibility index (Phi) is 5.27. The summed E-state index contributed by atoms with van der Waals surface area (Å²) in [6, 6.07) is 16.4. The number of nitrogens with zero attached hydrogens (tertiary/aromatic N) is 5. The first-order valence-corrected chi connectivity index (χ1v) is 11.3. The molecule has 5 rings (SSSR count). The average Bonchev–Trinajstić information content (AvgIpc) is 3.50. The maximum absolute atomic E-state index is 13.4. The molecule has 152 valence electrons. The zero-order chi connectivity index (χ0) is 20.3. The van der Waals surface area contributed by atoms with Crippen molar-refractivity contribution >= 4 is 22.9 Å². The molecule has 0 bridgehead atoms. The third-order valence-electron chi connectivity index (χ3n) is 5.83. The SMILES string of the molecule is O=C(c1cccs1)N(Cc1cc(-c2ccccc2)cn2nnnc12)C1CCCCC1. The van der Waals surface area contributed by atoms with Crippen LogP contribution in [-0.2, 0) is 6.54 Å². The number of carbonyl (C=O) groups is 1. The van der Waals surface area contributed by atoms with Gasteiger partial charge >= 0.3 is 0 Å². The summed E-state index contributed by atoms with van der Waals surface area (Å²) in [6.45, 7) is 0.506. The first-order valence-electron chi connectivity index (χ1n) is 10.4. The van der Waals surface area contributed by atoms with Gasteiger partial charge in [0.1, 0.15) is 0 Å². The number of benzene rings is 1. The molecule has 1 aromatic carbocycles. The van der Waals surface area contributed by atoms with Crippen molar-refractivity contribution in [1.82, 2.24) is 24.9 Å². The maximum atomic E-state index is 13.4. The predicted molar refractivity (Wildman–Crippen MR) is 117 cm³/mol. The summed E-state index contributed by atoms with van der Waals surface area (Å²) in [5.41, 5.74) is 3.81. The van der Waals surface area contributed by atoms with Crippen LogP contribution >= 0.6 is 11.3 Å². The van der Waals surface area contributed by atoms with Crippen LogP contribution in [0.5, 0.6) is 0 Å². The normalized spacial score (nSPS) is 14.8. The van der Waals surface area contributed by atoms with E-state index in [1.54, 1.807) is 4.52 Å². The fourth-order valence-corrected chi connectivity index (χ4v) is 4.98. The Balaban J connectivity index is 1.55. The average molecular weight is 418 g/mol. The van der Waals surface area contributed by atoms with E-state index in [0.29, 0.717) is 12.2 Å². The highest BCUT2D eigenvalue weighted by atomic mass is 32.1. The van der Waals surface area contributed by atoms with Gasteiger partial charge in [-0.1, -0.05) is 55.7 Å². The fourth-order valence-electron chi connectivity index (χ4n) is 4.30. The molecule has 30 heavy (non-hydrogen) atoms. The Morgan fingerprint density at radius 1 is 1.07 bits per heavy atom. The molecule has 1 aliphatic rings. The van der Waals surface area contributed by atoms with Crippen molar-refractivity contribution in [1.29, 1.82) is 0 Å². The lowest BCUT2D eigenvalue weighted by Gasteiger charge is -2.34. The summed E-state index contributed by atoms with van der Waals surface area (Å²) in [4.78, 5) is 16.2. The van der Waals surface area contributed by atoms with Crippen LogP contribution in [0.15, 0.2) is 60.1 Å². The molecule has 0 spiro atoms. The number of rotatable bonds is 5. The van der Waals surface area contributed by atoms with Crippen LogP contribution in [0.1, 0.15) is 47.3 Å². The molecule has 1 saturated carbocycles. The Bertz CT molecular complexity index is 1130. The minimum absolute atomic E-state index is 0.104. The molecule has 1 amide bonds. The van der Waals surface area contributed by atoms with Gasteiger partial charge in [0.05, 0.1) is 11.4 Å². The maximum Gasteiger partial charge on any atom is 0.264 e. The molecular weight excluding hydrogens is 394 g/mol. The van der Waals surface area contributed by atoms with Crippen LogP contribution < -0.4 is 0 Å². The first kappa shape index (κ1) is 18.9. The van der Waals surface area contributed by atoms with Crippen LogP contribution in [0.4, 0.5) is 0 Å². The van der Waals surface area contributed by atoms with Gasteiger partial charge < -0.3 is 4.90 Å². The fraction of sp³-hybridized carbons (Fsp3) is 0.304. The minimum atomic E-state index is 0.104. The molecule has 0 atom stereocenters. The van der Waals surface area contributed by atoms with Crippen molar-refractivity contribution in [2.24, 2.45) is 0 Å². The summed E-state index contributed by atoms with van der Waals surface area (Å²) in [6.07, 6.45) is 7.64. The summed E-state index contributed by atoms with van der Waals surface area (Å²) in [5, 5.41) is 14.2. The summed E-state index contributed by atoms with van der Waals surface area (Å²) in [5.74, 6) is 0.104. The summed E-state index contributed by atoms with van der Waals surface area (Å²) >= 11 is 1.50. The van der Waals surface area contributed by atoms with E-state index in [1.807, 2.05) is 46.8 Å². The minimum Gasteiger partial charge on any atom is -0.330 e. The van der Waals surface area contributed by atoms with Gasteiger partial charge in [0.2, 0.25) is 0 Å². The molecule has 3 aromatic heterocycles. The topological polar surface area (TPSA) is 63.4 Å². The predicted octanol–water partition coefficient (Wildman–Crippen LogP) is 4.83. The van der Waals surface area contributed by atoms with Crippen LogP contribution in [-0.4, -0.2) is 36.9 Å². The highest BCUT2D eigenvalue weighted by molar-refractivity contribution is 7.12. The van der Waals surface area contributed by atoms with Gasteiger partial charge in [0, 0.05) is 23.4 Å². The van der Waals surface area contributed by atoms with Crippen molar-refractivity contribution in [2.75, 3.05) is 0 Å². The molecule has 1 aliphatic carbocycles. The third kappa shape index (κ3) is 3.73. The van der Waals surface area contributed by atoms with Crippen molar-refractivity contribution in [2.45, 2.75) is 44.7 Å². The molecule has 0 aliphatic heterocycles. The van der Waals surface area contributed by atoms with Crippen LogP contribution in [0.25, 0.3) is 16.8 Å². The van der Waals surface area contributed by atoms with E-state index in [4.69, 9.17) is 0 Å². The number of tetrazole rings is 1. The van der Waals surface area contributed by atoms with Crippen molar-refractivity contribution in [3.8, 4) is 11.1 Å². The second kappa shape index (κ2) is 8.36. The molecule has 0 N–H and O–H groups in total. The van der Waals surface area contributed by atoms with E-state index in [0.717, 1.165) is 34.4 Å². The lowest BCUT2D eigenvalue weighted by molar-refractivity contribution is 0.0620. The molecule has 0 saturated heterocycles. The monoisotopic (exact) mass is 417 g/mol. The van der Waals surface area contributed by atoms with Gasteiger partial charge in [-0.25, -0.2) is 0 Å². The Morgan fingerprint density at radius 3 is 2.67 bits per heavy atom. The first-order chi connectivity index (χ1) is 14.8. The number of carbonyl (C=O) groups excluding carboxylic acids is 1. The number of pyridine rings is 1. The van der Waals surface area contributed by atoms with Gasteiger partial charge in [0.15, 0.2) is 5.65 Å². The van der Waals surface area contributed by atoms with Crippen molar-refractivity contribution < 1.29 is 4.79 Å². The van der Waals surface area contributed by atoms with Gasteiger partial charge in [-0.15, -0.1) is 16.4 Å². The summed E-state index contributed by atoms with van der Waals surface area (Å²) < 4.78 is 1.71. The van der Waals surface area contributed by atoms with E-state index in [1.165, 1.54) is 30.6 Å². The van der Waals surface area contributed by atoms with E-state index in [9.17, 15) is 4.79 Å². The van der Waals surface area contributed by atoms with Crippen LogP contribution in [0, 0.1) is 0 Å². The zero-order valence-corrected chi connectivity index (χ0v) is 17.5. The number of fused-ring (bicyclic) bond motifs is 1. The van der Waals surface area contributed by atoms with Crippen molar-refractivity contribution in [3.05, 3.63) is 70.5 Å². The quantitative estimate of drug-likeness (QED) is 0.467. The lowest BCUT2D eigenvalue weighted by atomic mass is 9.93. The van der Waals surface area contributed by atoms with Crippen LogP contribution in [0.2, 0.25) is 0 Å². The van der Waals surface area contributed by atoms with Gasteiger partial charge in [-0.3, -0.25) is 4.79 Å². The molecule has 3 heterocycles. The van der Waals surface area contributed by atoms with Crippen LogP contribution in [0.3, 0.4) is 0 Å².